The van der Waals surface area contributed by atoms with Crippen LogP contribution in [0.2, 0.25) is 5.02 Å². The van der Waals surface area contributed by atoms with Crippen LogP contribution in [0.1, 0.15) is 5.56 Å². The second-order valence-electron chi connectivity index (χ2n) is 4.27. The molecule has 2 aromatic rings. The zero-order valence-electron chi connectivity index (χ0n) is 10.3. The van der Waals surface area contributed by atoms with Gasteiger partial charge in [0.15, 0.2) is 0 Å². The Balaban J connectivity index is 2.28. The largest absolute Gasteiger partial charge is 0.496 e. The zero-order valence-corrected chi connectivity index (χ0v) is 11.0. The number of aromatic amines is 1. The molecule has 0 fully saturated rings. The van der Waals surface area contributed by atoms with E-state index in [1.807, 2.05) is 0 Å². The van der Waals surface area contributed by atoms with Crippen LogP contribution in [0.15, 0.2) is 23.0 Å². The van der Waals surface area contributed by atoms with Crippen LogP contribution in [-0.2, 0) is 6.42 Å². The molecule has 19 heavy (non-hydrogen) atoms. The third-order valence-corrected chi connectivity index (χ3v) is 3.37. The average Bonchev–Trinajstić information content (AvgIpc) is 2.85. The molecule has 0 spiro atoms. The van der Waals surface area contributed by atoms with E-state index in [9.17, 15) is 4.79 Å². The highest BCUT2D eigenvalue weighted by molar-refractivity contribution is 6.31. The van der Waals surface area contributed by atoms with E-state index in [-0.39, 0.29) is 5.69 Å². The van der Waals surface area contributed by atoms with Crippen LogP contribution in [0, 0.1) is 0 Å². The van der Waals surface area contributed by atoms with Gasteiger partial charge in [0.05, 0.1) is 12.8 Å². The molecular formula is C13H12ClN3O2. The van der Waals surface area contributed by atoms with Crippen molar-refractivity contribution < 1.29 is 4.74 Å². The predicted molar refractivity (Wildman–Crippen MR) is 74.0 cm³/mol. The van der Waals surface area contributed by atoms with E-state index in [0.717, 1.165) is 29.8 Å². The molecule has 1 aromatic heterocycles. The van der Waals surface area contributed by atoms with Crippen molar-refractivity contribution in [2.24, 2.45) is 0 Å². The van der Waals surface area contributed by atoms with Crippen LogP contribution in [-0.4, -0.2) is 23.6 Å². The minimum atomic E-state index is -0.384. The number of rotatable bonds is 2. The van der Waals surface area contributed by atoms with Gasteiger partial charge in [-0.25, -0.2) is 4.79 Å². The first-order chi connectivity index (χ1) is 9.19. The van der Waals surface area contributed by atoms with Crippen molar-refractivity contribution in [1.82, 2.24) is 9.97 Å². The number of hydrogen-bond donors (Lipinski definition) is 2. The van der Waals surface area contributed by atoms with Crippen molar-refractivity contribution in [1.29, 1.82) is 0 Å². The van der Waals surface area contributed by atoms with Crippen molar-refractivity contribution >= 4 is 17.4 Å². The lowest BCUT2D eigenvalue weighted by atomic mass is 10.0. The number of methoxy groups -OCH3 is 1. The Labute approximate surface area is 114 Å². The highest BCUT2D eigenvalue weighted by Gasteiger charge is 2.20. The Morgan fingerprint density at radius 3 is 3.05 bits per heavy atom. The molecule has 6 heteroatoms. The predicted octanol–water partition coefficient (Wildman–Crippen LogP) is 2.07. The standard InChI is InChI=1S/C13H12ClN3O2/c1-19-10-3-2-7(14)6-9(10)11-8-4-5-15-12(8)17-13(18)16-11/h2-3,6H,4-5H2,1H3,(H2,15,16,17,18). The molecule has 0 saturated heterocycles. The van der Waals surface area contributed by atoms with Gasteiger partial charge in [-0.3, -0.25) is 0 Å². The van der Waals surface area contributed by atoms with Crippen LogP contribution in [0.5, 0.6) is 5.75 Å². The fourth-order valence-electron chi connectivity index (χ4n) is 2.30. The van der Waals surface area contributed by atoms with Crippen molar-refractivity contribution in [3.05, 3.63) is 39.3 Å². The first-order valence-electron chi connectivity index (χ1n) is 5.90. The van der Waals surface area contributed by atoms with Crippen LogP contribution in [0.25, 0.3) is 11.3 Å². The fourth-order valence-corrected chi connectivity index (χ4v) is 2.47. The molecule has 0 aliphatic carbocycles. The highest BCUT2D eigenvalue weighted by atomic mass is 35.5. The number of hydrogen-bond acceptors (Lipinski definition) is 4. The Bertz CT molecular complexity index is 697. The lowest BCUT2D eigenvalue weighted by molar-refractivity contribution is 0.416. The van der Waals surface area contributed by atoms with E-state index in [1.54, 1.807) is 25.3 Å². The Morgan fingerprint density at radius 2 is 2.26 bits per heavy atom. The minimum Gasteiger partial charge on any atom is -0.496 e. The van der Waals surface area contributed by atoms with Crippen molar-refractivity contribution in [2.45, 2.75) is 6.42 Å². The number of aromatic nitrogens is 2. The van der Waals surface area contributed by atoms with Gasteiger partial charge >= 0.3 is 5.69 Å². The summed E-state index contributed by atoms with van der Waals surface area (Å²) in [5.74, 6) is 1.31. The molecule has 3 rings (SSSR count). The highest BCUT2D eigenvalue weighted by Crippen LogP contribution is 2.35. The van der Waals surface area contributed by atoms with Crippen LogP contribution >= 0.6 is 11.6 Å². The lowest BCUT2D eigenvalue weighted by Crippen LogP contribution is -2.13. The Hall–Kier alpha value is -2.01. The van der Waals surface area contributed by atoms with E-state index in [0.29, 0.717) is 16.6 Å². The molecule has 0 bridgehead atoms. The van der Waals surface area contributed by atoms with Crippen molar-refractivity contribution in [2.75, 3.05) is 19.0 Å². The van der Waals surface area contributed by atoms with Crippen LogP contribution in [0.4, 0.5) is 5.82 Å². The molecule has 2 heterocycles. The SMILES string of the molecule is COc1ccc(Cl)cc1-c1[nH]c(=O)nc2c1CCN2. The summed E-state index contributed by atoms with van der Waals surface area (Å²) in [6.45, 7) is 0.773. The maximum Gasteiger partial charge on any atom is 0.347 e. The van der Waals surface area contributed by atoms with E-state index in [4.69, 9.17) is 16.3 Å². The minimum absolute atomic E-state index is 0.384. The van der Waals surface area contributed by atoms with Gasteiger partial charge in [0, 0.05) is 22.7 Å². The number of benzene rings is 1. The summed E-state index contributed by atoms with van der Waals surface area (Å²) < 4.78 is 5.33. The molecule has 0 saturated carbocycles. The van der Waals surface area contributed by atoms with E-state index >= 15 is 0 Å². The van der Waals surface area contributed by atoms with E-state index < -0.39 is 0 Å². The van der Waals surface area contributed by atoms with Gasteiger partial charge in [0.2, 0.25) is 0 Å². The van der Waals surface area contributed by atoms with Gasteiger partial charge in [-0.15, -0.1) is 0 Å². The Morgan fingerprint density at radius 1 is 1.42 bits per heavy atom. The van der Waals surface area contributed by atoms with Crippen molar-refractivity contribution in [3.63, 3.8) is 0 Å². The normalized spacial score (nSPS) is 12.9. The summed E-state index contributed by atoms with van der Waals surface area (Å²) in [7, 11) is 1.59. The maximum atomic E-state index is 11.6. The molecule has 0 unspecified atom stereocenters. The smallest absolute Gasteiger partial charge is 0.347 e. The molecule has 1 aliphatic heterocycles. The Kier molecular flexibility index (Phi) is 2.91. The van der Waals surface area contributed by atoms with Gasteiger partial charge in [-0.2, -0.15) is 4.98 Å². The number of H-pyrrole nitrogens is 1. The molecule has 98 valence electrons. The van der Waals surface area contributed by atoms with Crippen molar-refractivity contribution in [3.8, 4) is 17.0 Å². The summed E-state index contributed by atoms with van der Waals surface area (Å²) in [6, 6.07) is 5.32. The van der Waals surface area contributed by atoms with E-state index in [1.165, 1.54) is 0 Å². The molecule has 2 N–H and O–H groups in total. The number of fused-ring (bicyclic) bond motifs is 1. The first-order valence-corrected chi connectivity index (χ1v) is 6.28. The second-order valence-corrected chi connectivity index (χ2v) is 4.70. The monoisotopic (exact) mass is 277 g/mol. The van der Waals surface area contributed by atoms with Gasteiger partial charge in [0.25, 0.3) is 0 Å². The van der Waals surface area contributed by atoms with E-state index in [2.05, 4.69) is 15.3 Å². The molecule has 1 aliphatic rings. The zero-order chi connectivity index (χ0) is 13.4. The molecule has 0 amide bonds. The summed E-state index contributed by atoms with van der Waals surface area (Å²) in [5, 5.41) is 3.69. The number of halogens is 1. The van der Waals surface area contributed by atoms with Crippen LogP contribution < -0.4 is 15.7 Å². The quantitative estimate of drug-likeness (QED) is 0.882. The number of anilines is 1. The topological polar surface area (TPSA) is 67.0 Å². The number of nitrogens with one attached hydrogen (secondary N) is 2. The molecule has 1 aromatic carbocycles. The summed E-state index contributed by atoms with van der Waals surface area (Å²) >= 11 is 6.04. The third-order valence-electron chi connectivity index (χ3n) is 3.13. The average molecular weight is 278 g/mol. The van der Waals surface area contributed by atoms with Gasteiger partial charge in [-0.05, 0) is 24.6 Å². The lowest BCUT2D eigenvalue weighted by Gasteiger charge is -2.11. The number of ether oxygens (including phenoxy) is 1. The van der Waals surface area contributed by atoms with Gasteiger partial charge in [-0.1, -0.05) is 11.6 Å². The fraction of sp³-hybridized carbons (Fsp3) is 0.231. The molecule has 5 nitrogen and oxygen atoms in total. The third kappa shape index (κ3) is 2.06. The molecular weight excluding hydrogens is 266 g/mol. The summed E-state index contributed by atoms with van der Waals surface area (Å²) in [6.07, 6.45) is 0.810. The molecule has 0 atom stereocenters. The van der Waals surface area contributed by atoms with Crippen LogP contribution in [0.3, 0.4) is 0 Å². The molecule has 0 radical (unpaired) electrons. The summed E-state index contributed by atoms with van der Waals surface area (Å²) in [5.41, 5.74) is 2.10. The number of nitrogens with zero attached hydrogens (tertiary/aromatic N) is 1. The van der Waals surface area contributed by atoms with Gasteiger partial charge < -0.3 is 15.0 Å². The second kappa shape index (κ2) is 4.59. The maximum absolute atomic E-state index is 11.6. The summed E-state index contributed by atoms with van der Waals surface area (Å²) in [4.78, 5) is 18.3. The van der Waals surface area contributed by atoms with Gasteiger partial charge in [0.1, 0.15) is 11.6 Å². The first kappa shape index (κ1) is 12.0.